The zero-order valence-electron chi connectivity index (χ0n) is 10.7. The second-order valence-corrected chi connectivity index (χ2v) is 4.34. The average Bonchev–Trinajstić information content (AvgIpc) is 2.97. The second-order valence-electron chi connectivity index (χ2n) is 4.34. The summed E-state index contributed by atoms with van der Waals surface area (Å²) in [7, 11) is 0. The third-order valence-corrected chi connectivity index (χ3v) is 2.81. The van der Waals surface area contributed by atoms with Crippen LogP contribution in [0.1, 0.15) is 11.1 Å². The van der Waals surface area contributed by atoms with Crippen molar-refractivity contribution in [3.8, 4) is 29.0 Å². The van der Waals surface area contributed by atoms with Gasteiger partial charge in [-0.2, -0.15) is 10.2 Å². The molecule has 0 N–H and O–H groups in total. The quantitative estimate of drug-likeness (QED) is 0.709. The van der Waals surface area contributed by atoms with Gasteiger partial charge in [-0.05, 0) is 25.1 Å². The molecule has 0 aliphatic carbocycles. The van der Waals surface area contributed by atoms with Gasteiger partial charge >= 0.3 is 0 Å². The molecule has 3 rings (SSSR count). The molecule has 0 spiro atoms. The molecule has 1 aromatic carbocycles. The van der Waals surface area contributed by atoms with Crippen molar-refractivity contribution >= 4 is 0 Å². The van der Waals surface area contributed by atoms with Crippen molar-refractivity contribution in [3.63, 3.8) is 0 Å². The Balaban J connectivity index is 1.95. The Bertz CT molecular complexity index is 784. The molecule has 0 amide bonds. The molecule has 0 saturated carbocycles. The minimum atomic E-state index is 0.339. The van der Waals surface area contributed by atoms with E-state index >= 15 is 0 Å². The third kappa shape index (κ3) is 2.27. The van der Waals surface area contributed by atoms with E-state index in [9.17, 15) is 0 Å². The van der Waals surface area contributed by atoms with Crippen LogP contribution in [0.25, 0.3) is 23.0 Å². The van der Waals surface area contributed by atoms with Gasteiger partial charge < -0.3 is 4.52 Å². The molecule has 0 saturated heterocycles. The van der Waals surface area contributed by atoms with Crippen molar-refractivity contribution in [2.45, 2.75) is 6.92 Å². The molecule has 0 atom stereocenters. The summed E-state index contributed by atoms with van der Waals surface area (Å²) in [5, 5.41) is 12.7. The standard InChI is InChI=1S/C15H10N4O/c1-10-3-2-4-12(7-10)14-18-15(20-19-14)13-6-5-11(8-16)9-17-13/h2-7,9H,1H3. The molecule has 2 aromatic heterocycles. The monoisotopic (exact) mass is 262 g/mol. The van der Waals surface area contributed by atoms with Gasteiger partial charge in [0, 0.05) is 11.8 Å². The molecule has 0 bridgehead atoms. The van der Waals surface area contributed by atoms with Gasteiger partial charge in [0.25, 0.3) is 5.89 Å². The zero-order valence-corrected chi connectivity index (χ0v) is 10.7. The first kappa shape index (κ1) is 12.1. The molecular weight excluding hydrogens is 252 g/mol. The summed E-state index contributed by atoms with van der Waals surface area (Å²) in [6, 6.07) is 13.2. The summed E-state index contributed by atoms with van der Waals surface area (Å²) >= 11 is 0. The maximum atomic E-state index is 8.74. The van der Waals surface area contributed by atoms with Crippen molar-refractivity contribution < 1.29 is 4.52 Å². The van der Waals surface area contributed by atoms with Crippen LogP contribution >= 0.6 is 0 Å². The van der Waals surface area contributed by atoms with E-state index in [2.05, 4.69) is 15.1 Å². The molecule has 0 fully saturated rings. The van der Waals surface area contributed by atoms with Gasteiger partial charge in [-0.3, -0.25) is 0 Å². The number of pyridine rings is 1. The summed E-state index contributed by atoms with van der Waals surface area (Å²) in [4.78, 5) is 8.45. The normalized spacial score (nSPS) is 10.2. The molecule has 0 aliphatic heterocycles. The number of aryl methyl sites for hydroxylation is 1. The maximum Gasteiger partial charge on any atom is 0.276 e. The van der Waals surface area contributed by atoms with Crippen LogP contribution in [-0.4, -0.2) is 15.1 Å². The lowest BCUT2D eigenvalue weighted by Crippen LogP contribution is -1.85. The highest BCUT2D eigenvalue weighted by molar-refractivity contribution is 5.58. The first-order valence-electron chi connectivity index (χ1n) is 6.03. The van der Waals surface area contributed by atoms with Crippen LogP contribution in [0, 0.1) is 18.3 Å². The lowest BCUT2D eigenvalue weighted by molar-refractivity contribution is 0.431. The largest absolute Gasteiger partial charge is 0.332 e. The molecular formula is C15H10N4O. The molecule has 0 radical (unpaired) electrons. The molecule has 20 heavy (non-hydrogen) atoms. The van der Waals surface area contributed by atoms with Crippen LogP contribution in [0.15, 0.2) is 47.1 Å². The zero-order chi connectivity index (χ0) is 13.9. The van der Waals surface area contributed by atoms with Gasteiger partial charge in [0.2, 0.25) is 5.82 Å². The minimum Gasteiger partial charge on any atom is -0.332 e. The molecule has 5 nitrogen and oxygen atoms in total. The van der Waals surface area contributed by atoms with Crippen molar-refractivity contribution in [2.75, 3.05) is 0 Å². The van der Waals surface area contributed by atoms with E-state index in [1.54, 1.807) is 12.1 Å². The summed E-state index contributed by atoms with van der Waals surface area (Å²) in [6.45, 7) is 2.01. The molecule has 0 unspecified atom stereocenters. The Morgan fingerprint density at radius 1 is 1.20 bits per heavy atom. The molecule has 3 aromatic rings. The van der Waals surface area contributed by atoms with E-state index in [4.69, 9.17) is 9.78 Å². The van der Waals surface area contributed by atoms with Gasteiger partial charge in [-0.25, -0.2) is 4.98 Å². The molecule has 2 heterocycles. The number of rotatable bonds is 2. The fraction of sp³-hybridized carbons (Fsp3) is 0.0667. The SMILES string of the molecule is Cc1cccc(-c2noc(-c3ccc(C#N)cn3)n2)c1. The number of aromatic nitrogens is 3. The highest BCUT2D eigenvalue weighted by atomic mass is 16.5. The third-order valence-electron chi connectivity index (χ3n) is 2.81. The number of hydrogen-bond acceptors (Lipinski definition) is 5. The summed E-state index contributed by atoms with van der Waals surface area (Å²) in [6.07, 6.45) is 1.48. The predicted molar refractivity (Wildman–Crippen MR) is 72.4 cm³/mol. The van der Waals surface area contributed by atoms with Gasteiger partial charge in [-0.1, -0.05) is 28.9 Å². The van der Waals surface area contributed by atoms with Crippen molar-refractivity contribution in [3.05, 3.63) is 53.7 Å². The van der Waals surface area contributed by atoms with E-state index < -0.39 is 0 Å². The molecule has 96 valence electrons. The lowest BCUT2D eigenvalue weighted by atomic mass is 10.1. The summed E-state index contributed by atoms with van der Waals surface area (Å²) < 4.78 is 5.21. The van der Waals surface area contributed by atoms with Crippen LogP contribution in [-0.2, 0) is 0 Å². The topological polar surface area (TPSA) is 75.6 Å². The number of nitrogens with zero attached hydrogens (tertiary/aromatic N) is 4. The summed E-state index contributed by atoms with van der Waals surface area (Å²) in [5.74, 6) is 0.862. The van der Waals surface area contributed by atoms with Crippen LogP contribution < -0.4 is 0 Å². The van der Waals surface area contributed by atoms with Crippen molar-refractivity contribution in [2.24, 2.45) is 0 Å². The Hall–Kier alpha value is -3.00. The van der Waals surface area contributed by atoms with Crippen LogP contribution in [0.4, 0.5) is 0 Å². The predicted octanol–water partition coefficient (Wildman–Crippen LogP) is 2.98. The van der Waals surface area contributed by atoms with Crippen molar-refractivity contribution in [1.29, 1.82) is 5.26 Å². The second kappa shape index (κ2) is 4.94. The lowest BCUT2D eigenvalue weighted by Gasteiger charge is -1.95. The Morgan fingerprint density at radius 2 is 2.10 bits per heavy atom. The van der Waals surface area contributed by atoms with Gasteiger partial charge in [0.15, 0.2) is 0 Å². The van der Waals surface area contributed by atoms with Crippen LogP contribution in [0.5, 0.6) is 0 Å². The van der Waals surface area contributed by atoms with Crippen LogP contribution in [0.2, 0.25) is 0 Å². The van der Waals surface area contributed by atoms with E-state index in [0.29, 0.717) is 23.0 Å². The van der Waals surface area contributed by atoms with E-state index in [1.165, 1.54) is 6.20 Å². The van der Waals surface area contributed by atoms with E-state index in [1.807, 2.05) is 37.3 Å². The number of hydrogen-bond donors (Lipinski definition) is 0. The molecule has 0 aliphatic rings. The summed E-state index contributed by atoms with van der Waals surface area (Å²) in [5.41, 5.74) is 3.07. The van der Waals surface area contributed by atoms with Crippen molar-refractivity contribution in [1.82, 2.24) is 15.1 Å². The maximum absolute atomic E-state index is 8.74. The Kier molecular flexibility index (Phi) is 2.98. The van der Waals surface area contributed by atoms with Gasteiger partial charge in [0.1, 0.15) is 11.8 Å². The number of benzene rings is 1. The van der Waals surface area contributed by atoms with E-state index in [0.717, 1.165) is 11.1 Å². The highest BCUT2D eigenvalue weighted by Crippen LogP contribution is 2.21. The highest BCUT2D eigenvalue weighted by Gasteiger charge is 2.11. The Labute approximate surface area is 115 Å². The fourth-order valence-electron chi connectivity index (χ4n) is 1.82. The molecule has 5 heteroatoms. The average molecular weight is 262 g/mol. The Morgan fingerprint density at radius 3 is 2.80 bits per heavy atom. The van der Waals surface area contributed by atoms with Crippen LogP contribution in [0.3, 0.4) is 0 Å². The van der Waals surface area contributed by atoms with Gasteiger partial charge in [0.05, 0.1) is 5.56 Å². The first-order valence-corrected chi connectivity index (χ1v) is 6.03. The fourth-order valence-corrected chi connectivity index (χ4v) is 1.82. The first-order chi connectivity index (χ1) is 9.76. The number of nitriles is 1. The van der Waals surface area contributed by atoms with E-state index in [-0.39, 0.29) is 0 Å². The smallest absolute Gasteiger partial charge is 0.276 e. The minimum absolute atomic E-state index is 0.339. The van der Waals surface area contributed by atoms with Gasteiger partial charge in [-0.15, -0.1) is 0 Å².